The minimum atomic E-state index is -3.65. The van der Waals surface area contributed by atoms with Crippen molar-refractivity contribution in [3.05, 3.63) is 51.9 Å². The number of carbonyl (C=O) groups is 2. The van der Waals surface area contributed by atoms with Gasteiger partial charge in [0, 0.05) is 31.9 Å². The fraction of sp³-hybridized carbons (Fsp3) is 0.400. The molecule has 1 aliphatic rings. The number of sulfonamides is 1. The van der Waals surface area contributed by atoms with Gasteiger partial charge in [0.2, 0.25) is 10.0 Å². The Labute approximate surface area is 179 Å². The van der Waals surface area contributed by atoms with E-state index in [9.17, 15) is 22.8 Å². The summed E-state index contributed by atoms with van der Waals surface area (Å²) in [6, 6.07) is 6.92. The van der Waals surface area contributed by atoms with Crippen LogP contribution in [0.25, 0.3) is 0 Å². The number of rotatable bonds is 6. The Balaban J connectivity index is 1.67. The van der Waals surface area contributed by atoms with E-state index in [1.165, 1.54) is 35.6 Å². The van der Waals surface area contributed by atoms with E-state index in [2.05, 4.69) is 10.4 Å². The zero-order chi connectivity index (χ0) is 22.6. The Kier molecular flexibility index (Phi) is 6.86. The van der Waals surface area contributed by atoms with Gasteiger partial charge in [-0.25, -0.2) is 17.9 Å². The number of esters is 1. The first kappa shape index (κ1) is 22.6. The van der Waals surface area contributed by atoms with E-state index < -0.39 is 28.5 Å². The fourth-order valence-electron chi connectivity index (χ4n) is 3.15. The molecule has 3 rings (SSSR count). The number of aromatic nitrogens is 2. The largest absolute Gasteiger partial charge is 0.451 e. The monoisotopic (exact) mass is 448 g/mol. The number of amides is 1. The molecule has 1 aromatic carbocycles. The van der Waals surface area contributed by atoms with Crippen molar-refractivity contribution in [3.63, 3.8) is 0 Å². The Morgan fingerprint density at radius 2 is 1.84 bits per heavy atom. The number of carbonyl (C=O) groups excluding carboxylic acids is 2. The Morgan fingerprint density at radius 3 is 2.52 bits per heavy atom. The molecule has 166 valence electrons. The molecular weight excluding hydrogens is 424 g/mol. The molecule has 2 heterocycles. The molecule has 11 heteroatoms. The first-order chi connectivity index (χ1) is 14.7. The SMILES string of the molecule is Cc1ccc(S(=O)(=O)N2CCCCC2)cc1NC(=O)COC(=O)c1ccc(=O)n(C)n1. The van der Waals surface area contributed by atoms with E-state index in [-0.39, 0.29) is 16.1 Å². The summed E-state index contributed by atoms with van der Waals surface area (Å²) in [5.74, 6) is -1.49. The molecule has 0 unspecified atom stereocenters. The normalized spacial score (nSPS) is 14.8. The number of hydrogen-bond donors (Lipinski definition) is 1. The molecule has 0 aliphatic carbocycles. The fourth-order valence-corrected chi connectivity index (χ4v) is 4.70. The van der Waals surface area contributed by atoms with Crippen LogP contribution in [-0.4, -0.2) is 54.1 Å². The highest BCUT2D eigenvalue weighted by Gasteiger charge is 2.26. The smallest absolute Gasteiger partial charge is 0.359 e. The predicted molar refractivity (Wildman–Crippen MR) is 112 cm³/mol. The molecule has 10 nitrogen and oxygen atoms in total. The summed E-state index contributed by atoms with van der Waals surface area (Å²) in [4.78, 5) is 35.7. The lowest BCUT2D eigenvalue weighted by Crippen LogP contribution is -2.35. The number of nitrogens with one attached hydrogen (secondary N) is 1. The van der Waals surface area contributed by atoms with E-state index in [0.29, 0.717) is 24.3 Å². The standard InChI is InChI=1S/C20H24N4O6S/c1-14-6-7-15(31(28,29)24-10-4-3-5-11-24)12-17(14)21-18(25)13-30-20(27)16-8-9-19(26)23(2)22-16/h6-9,12H,3-5,10-11,13H2,1-2H3,(H,21,25). The molecule has 0 saturated carbocycles. The lowest BCUT2D eigenvalue weighted by Gasteiger charge is -2.26. The van der Waals surface area contributed by atoms with Crippen molar-refractivity contribution in [2.75, 3.05) is 25.0 Å². The Bertz CT molecular complexity index is 1150. The van der Waals surface area contributed by atoms with Crippen molar-refractivity contribution in [3.8, 4) is 0 Å². The molecule has 0 bridgehead atoms. The summed E-state index contributed by atoms with van der Waals surface area (Å²) in [6.07, 6.45) is 2.66. The molecule has 1 amide bonds. The highest BCUT2D eigenvalue weighted by molar-refractivity contribution is 7.89. The number of nitrogens with zero attached hydrogens (tertiary/aromatic N) is 3. The molecule has 0 spiro atoms. The van der Waals surface area contributed by atoms with Crippen molar-refractivity contribution in [2.24, 2.45) is 7.05 Å². The van der Waals surface area contributed by atoms with Gasteiger partial charge in [-0.15, -0.1) is 0 Å². The summed E-state index contributed by atoms with van der Waals surface area (Å²) < 4.78 is 33.1. The number of benzene rings is 1. The van der Waals surface area contributed by atoms with Crippen LogP contribution < -0.4 is 10.9 Å². The maximum absolute atomic E-state index is 12.9. The molecule has 2 aromatic rings. The average Bonchev–Trinajstić information content (AvgIpc) is 2.76. The minimum Gasteiger partial charge on any atom is -0.451 e. The zero-order valence-corrected chi connectivity index (χ0v) is 18.1. The van der Waals surface area contributed by atoms with Crippen molar-refractivity contribution < 1.29 is 22.7 Å². The van der Waals surface area contributed by atoms with Gasteiger partial charge in [-0.1, -0.05) is 12.5 Å². The first-order valence-electron chi connectivity index (χ1n) is 9.80. The zero-order valence-electron chi connectivity index (χ0n) is 17.3. The van der Waals surface area contributed by atoms with Gasteiger partial charge in [0.1, 0.15) is 0 Å². The van der Waals surface area contributed by atoms with Crippen LogP contribution in [0.1, 0.15) is 35.3 Å². The number of ether oxygens (including phenoxy) is 1. The summed E-state index contributed by atoms with van der Waals surface area (Å²) in [6.45, 7) is 2.10. The maximum Gasteiger partial charge on any atom is 0.359 e. The second-order valence-corrected chi connectivity index (χ2v) is 9.18. The van der Waals surface area contributed by atoms with Crippen LogP contribution in [0, 0.1) is 6.92 Å². The number of hydrogen-bond acceptors (Lipinski definition) is 7. The van der Waals surface area contributed by atoms with Crippen molar-refractivity contribution in [2.45, 2.75) is 31.1 Å². The van der Waals surface area contributed by atoms with Gasteiger partial charge in [-0.3, -0.25) is 9.59 Å². The van der Waals surface area contributed by atoms with Crippen LogP contribution in [0.3, 0.4) is 0 Å². The molecule has 0 radical (unpaired) electrons. The maximum atomic E-state index is 12.9. The minimum absolute atomic E-state index is 0.0988. The van der Waals surface area contributed by atoms with E-state index >= 15 is 0 Å². The van der Waals surface area contributed by atoms with Crippen molar-refractivity contribution >= 4 is 27.6 Å². The van der Waals surface area contributed by atoms with E-state index in [1.807, 2.05) is 0 Å². The molecule has 1 aromatic heterocycles. The van der Waals surface area contributed by atoms with Gasteiger partial charge in [0.05, 0.1) is 4.90 Å². The second kappa shape index (κ2) is 9.40. The quantitative estimate of drug-likeness (QED) is 0.655. The van der Waals surface area contributed by atoms with E-state index in [4.69, 9.17) is 4.74 Å². The van der Waals surface area contributed by atoms with Gasteiger partial charge in [0.25, 0.3) is 11.5 Å². The van der Waals surface area contributed by atoms with Gasteiger partial charge < -0.3 is 10.1 Å². The first-order valence-corrected chi connectivity index (χ1v) is 11.2. The lowest BCUT2D eigenvalue weighted by atomic mass is 10.2. The molecule has 1 fully saturated rings. The van der Waals surface area contributed by atoms with Crippen LogP contribution >= 0.6 is 0 Å². The molecule has 31 heavy (non-hydrogen) atoms. The summed E-state index contributed by atoms with van der Waals surface area (Å²) >= 11 is 0. The van der Waals surface area contributed by atoms with E-state index in [0.717, 1.165) is 23.9 Å². The third-order valence-electron chi connectivity index (χ3n) is 4.94. The van der Waals surface area contributed by atoms with Crippen molar-refractivity contribution in [1.82, 2.24) is 14.1 Å². The van der Waals surface area contributed by atoms with Gasteiger partial charge in [0.15, 0.2) is 12.3 Å². The average molecular weight is 449 g/mol. The topological polar surface area (TPSA) is 128 Å². The van der Waals surface area contributed by atoms with Crippen LogP contribution in [0.4, 0.5) is 5.69 Å². The molecular formula is C20H24N4O6S. The van der Waals surface area contributed by atoms with Crippen LogP contribution in [0.5, 0.6) is 0 Å². The highest BCUT2D eigenvalue weighted by Crippen LogP contribution is 2.25. The highest BCUT2D eigenvalue weighted by atomic mass is 32.2. The number of anilines is 1. The predicted octanol–water partition coefficient (Wildman–Crippen LogP) is 1.06. The van der Waals surface area contributed by atoms with Crippen LogP contribution in [0.2, 0.25) is 0 Å². The third-order valence-corrected chi connectivity index (χ3v) is 6.83. The number of aryl methyl sites for hydroxylation is 2. The Morgan fingerprint density at radius 1 is 1.13 bits per heavy atom. The van der Waals surface area contributed by atoms with Crippen molar-refractivity contribution in [1.29, 1.82) is 0 Å². The molecule has 0 atom stereocenters. The molecule has 1 saturated heterocycles. The number of piperidine rings is 1. The molecule has 1 aliphatic heterocycles. The van der Waals surface area contributed by atoms with Gasteiger partial charge in [-0.2, -0.15) is 9.40 Å². The Hall–Kier alpha value is -3.05. The summed E-state index contributed by atoms with van der Waals surface area (Å²) in [5, 5.41) is 6.34. The second-order valence-electron chi connectivity index (χ2n) is 7.25. The van der Waals surface area contributed by atoms with Crippen LogP contribution in [0.15, 0.2) is 40.0 Å². The molecule has 1 N–H and O–H groups in total. The van der Waals surface area contributed by atoms with E-state index in [1.54, 1.807) is 13.0 Å². The van der Waals surface area contributed by atoms with Crippen LogP contribution in [-0.2, 0) is 26.6 Å². The third kappa shape index (κ3) is 5.36. The lowest BCUT2D eigenvalue weighted by molar-refractivity contribution is -0.119. The van der Waals surface area contributed by atoms with Gasteiger partial charge >= 0.3 is 5.97 Å². The summed E-state index contributed by atoms with van der Waals surface area (Å²) in [5.41, 5.74) is 0.487. The summed E-state index contributed by atoms with van der Waals surface area (Å²) in [7, 11) is -2.26. The van der Waals surface area contributed by atoms with Gasteiger partial charge in [-0.05, 0) is 43.5 Å².